The molecule has 3 rings (SSSR count). The first-order valence-corrected chi connectivity index (χ1v) is 8.47. The molecule has 0 spiro atoms. The molecule has 3 aromatic rings. The minimum atomic E-state index is -0.627. The number of nitrogens with one attached hydrogen (secondary N) is 1. The molecule has 140 valence electrons. The zero-order valence-electron chi connectivity index (χ0n) is 15.6. The lowest BCUT2D eigenvalue weighted by atomic mass is 10.1. The molecule has 0 saturated heterocycles. The maximum atomic E-state index is 12.9. The number of amides is 1. The molecule has 0 aliphatic carbocycles. The number of hydrogen-bond donors (Lipinski definition) is 1. The SMILES string of the molecule is CCc1ccccc1NC(=O)c1cc(=O)n(C)c2c1c(=O)n(C)c(=O)n2C. The largest absolute Gasteiger partial charge is 0.332 e. The van der Waals surface area contributed by atoms with E-state index in [9.17, 15) is 19.2 Å². The Morgan fingerprint density at radius 2 is 1.67 bits per heavy atom. The summed E-state index contributed by atoms with van der Waals surface area (Å²) in [6.45, 7) is 1.96. The van der Waals surface area contributed by atoms with Gasteiger partial charge in [-0.05, 0) is 18.1 Å². The summed E-state index contributed by atoms with van der Waals surface area (Å²) in [6.07, 6.45) is 0.712. The average Bonchev–Trinajstić information content (AvgIpc) is 2.66. The van der Waals surface area contributed by atoms with Crippen LogP contribution in [0.5, 0.6) is 0 Å². The van der Waals surface area contributed by atoms with Gasteiger partial charge in [-0.3, -0.25) is 28.1 Å². The molecule has 0 radical (unpaired) electrons. The van der Waals surface area contributed by atoms with Crippen LogP contribution in [-0.2, 0) is 27.6 Å². The molecule has 1 N–H and O–H groups in total. The van der Waals surface area contributed by atoms with Gasteiger partial charge in [0.15, 0.2) is 0 Å². The Balaban J connectivity index is 2.31. The Morgan fingerprint density at radius 3 is 2.33 bits per heavy atom. The van der Waals surface area contributed by atoms with Crippen molar-refractivity contribution in [3.8, 4) is 0 Å². The lowest BCUT2D eigenvalue weighted by Gasteiger charge is -2.15. The van der Waals surface area contributed by atoms with Crippen molar-refractivity contribution in [2.45, 2.75) is 13.3 Å². The minimum Gasteiger partial charge on any atom is -0.322 e. The molecule has 0 atom stereocenters. The number of anilines is 1. The number of carbonyl (C=O) groups excluding carboxylic acids is 1. The standard InChI is InChI=1S/C19H20N4O4/c1-5-11-8-6-7-9-13(11)20-16(25)12-10-14(24)21(2)17-15(12)18(26)23(4)19(27)22(17)3/h6-10H,5H2,1-4H3,(H,20,25). The van der Waals surface area contributed by atoms with Crippen molar-refractivity contribution in [3.05, 3.63) is 72.7 Å². The predicted molar refractivity (Wildman–Crippen MR) is 103 cm³/mol. The van der Waals surface area contributed by atoms with Crippen molar-refractivity contribution in [2.75, 3.05) is 5.32 Å². The number of hydrogen-bond acceptors (Lipinski definition) is 4. The first-order chi connectivity index (χ1) is 12.8. The molecular weight excluding hydrogens is 348 g/mol. The topological polar surface area (TPSA) is 95.1 Å². The van der Waals surface area contributed by atoms with Gasteiger partial charge in [-0.2, -0.15) is 0 Å². The molecule has 2 heterocycles. The molecule has 0 aliphatic heterocycles. The van der Waals surface area contributed by atoms with E-state index in [1.165, 1.54) is 30.3 Å². The summed E-state index contributed by atoms with van der Waals surface area (Å²) in [5.41, 5.74) is -0.104. The van der Waals surface area contributed by atoms with Crippen LogP contribution in [0.1, 0.15) is 22.8 Å². The number of aryl methyl sites for hydroxylation is 3. The van der Waals surface area contributed by atoms with Crippen molar-refractivity contribution in [3.63, 3.8) is 0 Å². The normalized spacial score (nSPS) is 11.0. The van der Waals surface area contributed by atoms with Gasteiger partial charge in [0.2, 0.25) is 0 Å². The van der Waals surface area contributed by atoms with E-state index in [2.05, 4.69) is 5.32 Å². The van der Waals surface area contributed by atoms with Gasteiger partial charge in [0, 0.05) is 32.9 Å². The first kappa shape index (κ1) is 18.4. The third-order valence-corrected chi connectivity index (χ3v) is 4.71. The monoisotopic (exact) mass is 368 g/mol. The second-order valence-electron chi connectivity index (χ2n) is 6.32. The number of pyridine rings is 1. The van der Waals surface area contributed by atoms with Crippen LogP contribution in [0.4, 0.5) is 5.69 Å². The van der Waals surface area contributed by atoms with Crippen LogP contribution in [0.2, 0.25) is 0 Å². The summed E-state index contributed by atoms with van der Waals surface area (Å²) in [5.74, 6) is -0.575. The third kappa shape index (κ3) is 2.88. The Labute approximate surface area is 154 Å². The van der Waals surface area contributed by atoms with Crippen molar-refractivity contribution < 1.29 is 4.79 Å². The highest BCUT2D eigenvalue weighted by atomic mass is 16.2. The highest BCUT2D eigenvalue weighted by Gasteiger charge is 2.21. The maximum Gasteiger partial charge on any atom is 0.332 e. The molecular formula is C19H20N4O4. The van der Waals surface area contributed by atoms with E-state index >= 15 is 0 Å². The number of carbonyl (C=O) groups is 1. The number of fused-ring (bicyclic) bond motifs is 1. The predicted octanol–water partition coefficient (Wildman–Crippen LogP) is 0.751. The number of para-hydroxylation sites is 1. The molecule has 27 heavy (non-hydrogen) atoms. The van der Waals surface area contributed by atoms with E-state index in [1.54, 1.807) is 12.1 Å². The fraction of sp³-hybridized carbons (Fsp3) is 0.263. The average molecular weight is 368 g/mol. The summed E-state index contributed by atoms with van der Waals surface area (Å²) in [7, 11) is 4.25. The van der Waals surface area contributed by atoms with E-state index in [-0.39, 0.29) is 16.6 Å². The molecule has 1 amide bonds. The van der Waals surface area contributed by atoms with E-state index in [0.717, 1.165) is 16.2 Å². The first-order valence-electron chi connectivity index (χ1n) is 8.47. The van der Waals surface area contributed by atoms with Crippen LogP contribution in [0, 0.1) is 0 Å². The van der Waals surface area contributed by atoms with Gasteiger partial charge >= 0.3 is 5.69 Å². The highest BCUT2D eigenvalue weighted by molar-refractivity contribution is 6.12. The van der Waals surface area contributed by atoms with E-state index in [4.69, 9.17) is 0 Å². The summed E-state index contributed by atoms with van der Waals surface area (Å²) in [5, 5.41) is 2.80. The Bertz CT molecular complexity index is 1250. The smallest absolute Gasteiger partial charge is 0.322 e. The van der Waals surface area contributed by atoms with Gasteiger partial charge < -0.3 is 5.32 Å². The zero-order chi connectivity index (χ0) is 19.9. The van der Waals surface area contributed by atoms with Crippen LogP contribution < -0.4 is 22.1 Å². The van der Waals surface area contributed by atoms with E-state index < -0.39 is 22.7 Å². The molecule has 0 bridgehead atoms. The van der Waals surface area contributed by atoms with Gasteiger partial charge in [-0.25, -0.2) is 4.79 Å². The summed E-state index contributed by atoms with van der Waals surface area (Å²) in [4.78, 5) is 50.2. The third-order valence-electron chi connectivity index (χ3n) is 4.71. The number of aromatic nitrogens is 3. The highest BCUT2D eigenvalue weighted by Crippen LogP contribution is 2.18. The minimum absolute atomic E-state index is 0.0215. The van der Waals surface area contributed by atoms with Crippen molar-refractivity contribution in [1.82, 2.24) is 13.7 Å². The van der Waals surface area contributed by atoms with E-state index in [0.29, 0.717) is 12.1 Å². The van der Waals surface area contributed by atoms with Gasteiger partial charge in [0.25, 0.3) is 17.0 Å². The van der Waals surface area contributed by atoms with Crippen LogP contribution in [0.3, 0.4) is 0 Å². The molecule has 8 nitrogen and oxygen atoms in total. The lowest BCUT2D eigenvalue weighted by Crippen LogP contribution is -2.40. The fourth-order valence-electron chi connectivity index (χ4n) is 3.18. The van der Waals surface area contributed by atoms with E-state index in [1.807, 2.05) is 19.1 Å². The number of nitrogens with zero attached hydrogens (tertiary/aromatic N) is 3. The quantitative estimate of drug-likeness (QED) is 0.738. The van der Waals surface area contributed by atoms with Crippen LogP contribution >= 0.6 is 0 Å². The summed E-state index contributed by atoms with van der Waals surface area (Å²) >= 11 is 0. The van der Waals surface area contributed by atoms with Gasteiger partial charge in [-0.15, -0.1) is 0 Å². The fourth-order valence-corrected chi connectivity index (χ4v) is 3.18. The Kier molecular flexibility index (Phi) is 4.57. The maximum absolute atomic E-state index is 12.9. The molecule has 8 heteroatoms. The van der Waals surface area contributed by atoms with Crippen molar-refractivity contribution in [2.24, 2.45) is 21.1 Å². The molecule has 0 saturated carbocycles. The lowest BCUT2D eigenvalue weighted by molar-refractivity contribution is 0.102. The zero-order valence-corrected chi connectivity index (χ0v) is 15.6. The number of benzene rings is 1. The summed E-state index contributed by atoms with van der Waals surface area (Å²) < 4.78 is 3.30. The van der Waals surface area contributed by atoms with Crippen LogP contribution in [0.15, 0.2) is 44.7 Å². The Morgan fingerprint density at radius 1 is 1.00 bits per heavy atom. The second-order valence-corrected chi connectivity index (χ2v) is 6.32. The molecule has 2 aromatic heterocycles. The van der Waals surface area contributed by atoms with Crippen molar-refractivity contribution >= 4 is 22.6 Å². The molecule has 0 unspecified atom stereocenters. The van der Waals surface area contributed by atoms with Crippen LogP contribution in [0.25, 0.3) is 11.0 Å². The summed E-state index contributed by atoms with van der Waals surface area (Å²) in [6, 6.07) is 8.43. The van der Waals surface area contributed by atoms with Crippen molar-refractivity contribution in [1.29, 1.82) is 0 Å². The second kappa shape index (κ2) is 6.71. The Hall–Kier alpha value is -3.42. The molecule has 0 aliphatic rings. The van der Waals surface area contributed by atoms with Crippen LogP contribution in [-0.4, -0.2) is 19.6 Å². The number of rotatable bonds is 3. The van der Waals surface area contributed by atoms with Gasteiger partial charge in [0.05, 0.1) is 10.9 Å². The molecule has 1 aromatic carbocycles. The van der Waals surface area contributed by atoms with Gasteiger partial charge in [0.1, 0.15) is 5.65 Å². The molecule has 0 fully saturated rings. The van der Waals surface area contributed by atoms with Gasteiger partial charge in [-0.1, -0.05) is 25.1 Å².